The van der Waals surface area contributed by atoms with Gasteiger partial charge in [0.15, 0.2) is 0 Å². The molecule has 0 aliphatic heterocycles. The van der Waals surface area contributed by atoms with Crippen molar-refractivity contribution in [3.63, 3.8) is 0 Å². The van der Waals surface area contributed by atoms with E-state index in [0.717, 1.165) is 28.2 Å². The van der Waals surface area contributed by atoms with Crippen molar-refractivity contribution in [3.8, 4) is 50.2 Å². The Hall–Kier alpha value is -8.50. The molecule has 13 aromatic rings. The summed E-state index contributed by atoms with van der Waals surface area (Å²) in [5, 5.41) is 7.54. The minimum atomic E-state index is 1.08. The van der Waals surface area contributed by atoms with Gasteiger partial charge in [0, 0.05) is 53.6 Å². The first kappa shape index (κ1) is 39.8. The Labute approximate surface area is 399 Å². The Morgan fingerprint density at radius 1 is 0.368 bits per heavy atom. The Kier molecular flexibility index (Phi) is 9.62. The molecular weight excluding hydrogens is 841 g/mol. The lowest BCUT2D eigenvalue weighted by atomic mass is 9.90. The zero-order chi connectivity index (χ0) is 45.1. The van der Waals surface area contributed by atoms with Crippen LogP contribution in [-0.4, -0.2) is 4.57 Å². The standard InChI is InChI=1S/C65H44N2S/c1-43-34-37-49(38-35-43)67-61-32-9-6-25-55(61)59-42-47(36-39-62(59)67)46-20-11-22-50(40-46)66(51-23-12-21-48(41-51)53-28-15-30-58-56-26-7-10-33-63(56)68-65(53)58)60-31-8-5-24-54(60)57-29-14-19-45-18-13-27-52(64(45)57)44-16-3-2-4-17-44/h2-42H,1H3. The minimum Gasteiger partial charge on any atom is -0.310 e. The molecule has 0 aliphatic carbocycles. The van der Waals surface area contributed by atoms with Crippen molar-refractivity contribution in [1.82, 2.24) is 4.57 Å². The van der Waals surface area contributed by atoms with Crippen LogP contribution in [0.25, 0.3) is 103 Å². The highest BCUT2D eigenvalue weighted by Gasteiger charge is 2.22. The second-order valence-corrected chi connectivity index (χ2v) is 18.8. The van der Waals surface area contributed by atoms with Crippen molar-refractivity contribution < 1.29 is 0 Å². The molecule has 11 aromatic carbocycles. The predicted octanol–water partition coefficient (Wildman–Crippen LogP) is 18.8. The Balaban J connectivity index is 1.02. The molecule has 0 spiro atoms. The van der Waals surface area contributed by atoms with Crippen molar-refractivity contribution in [2.45, 2.75) is 6.92 Å². The molecule has 0 aliphatic rings. The molecule has 3 heteroatoms. The molecule has 2 heterocycles. The van der Waals surface area contributed by atoms with Gasteiger partial charge in [-0.3, -0.25) is 0 Å². The van der Waals surface area contributed by atoms with Gasteiger partial charge in [0.25, 0.3) is 0 Å². The van der Waals surface area contributed by atoms with Crippen molar-refractivity contribution in [2.75, 3.05) is 4.90 Å². The van der Waals surface area contributed by atoms with Crippen LogP contribution in [0.1, 0.15) is 5.56 Å². The zero-order valence-corrected chi connectivity index (χ0v) is 38.3. The van der Waals surface area contributed by atoms with E-state index in [1.165, 1.54) is 97.4 Å². The number of fused-ring (bicyclic) bond motifs is 7. The van der Waals surface area contributed by atoms with Gasteiger partial charge in [0.2, 0.25) is 0 Å². The Morgan fingerprint density at radius 3 is 1.79 bits per heavy atom. The van der Waals surface area contributed by atoms with Crippen LogP contribution in [0.15, 0.2) is 249 Å². The summed E-state index contributed by atoms with van der Waals surface area (Å²) >= 11 is 1.88. The monoisotopic (exact) mass is 884 g/mol. The molecular formula is C65H44N2S. The fraction of sp³-hybridized carbons (Fsp3) is 0.0154. The highest BCUT2D eigenvalue weighted by atomic mass is 32.1. The van der Waals surface area contributed by atoms with E-state index in [9.17, 15) is 0 Å². The topological polar surface area (TPSA) is 8.17 Å². The van der Waals surface area contributed by atoms with Gasteiger partial charge in [0.05, 0.1) is 16.7 Å². The quantitative estimate of drug-likeness (QED) is 0.148. The first-order chi connectivity index (χ1) is 33.6. The Morgan fingerprint density at radius 2 is 0.956 bits per heavy atom. The normalized spacial score (nSPS) is 11.6. The summed E-state index contributed by atoms with van der Waals surface area (Å²) < 4.78 is 5.01. The summed E-state index contributed by atoms with van der Waals surface area (Å²) in [5.74, 6) is 0. The number of nitrogens with zero attached hydrogens (tertiary/aromatic N) is 2. The fourth-order valence-electron chi connectivity index (χ4n) is 10.5. The lowest BCUT2D eigenvalue weighted by Gasteiger charge is -2.29. The molecule has 0 amide bonds. The first-order valence-electron chi connectivity index (χ1n) is 23.3. The lowest BCUT2D eigenvalue weighted by molar-refractivity contribution is 1.17. The molecule has 320 valence electrons. The summed E-state index contributed by atoms with van der Waals surface area (Å²) in [4.78, 5) is 2.47. The number of aromatic nitrogens is 1. The minimum absolute atomic E-state index is 1.08. The van der Waals surface area contributed by atoms with Gasteiger partial charge in [-0.15, -0.1) is 11.3 Å². The lowest BCUT2D eigenvalue weighted by Crippen LogP contribution is -2.11. The molecule has 0 saturated carbocycles. The molecule has 0 bridgehead atoms. The number of thiophene rings is 1. The van der Waals surface area contributed by atoms with E-state index < -0.39 is 0 Å². The maximum absolute atomic E-state index is 2.47. The number of para-hydroxylation sites is 2. The average molecular weight is 885 g/mol. The summed E-state index contributed by atoms with van der Waals surface area (Å²) in [6, 6.07) is 91.5. The van der Waals surface area contributed by atoms with Crippen LogP contribution in [0.5, 0.6) is 0 Å². The second-order valence-electron chi connectivity index (χ2n) is 17.7. The van der Waals surface area contributed by atoms with Crippen LogP contribution < -0.4 is 4.90 Å². The van der Waals surface area contributed by atoms with E-state index >= 15 is 0 Å². The van der Waals surface area contributed by atoms with Crippen LogP contribution >= 0.6 is 11.3 Å². The van der Waals surface area contributed by atoms with E-state index in [4.69, 9.17) is 0 Å². The van der Waals surface area contributed by atoms with E-state index in [1.54, 1.807) is 0 Å². The number of benzene rings is 11. The van der Waals surface area contributed by atoms with Gasteiger partial charge in [-0.25, -0.2) is 0 Å². The fourth-order valence-corrected chi connectivity index (χ4v) is 11.7. The third-order valence-electron chi connectivity index (χ3n) is 13.6. The van der Waals surface area contributed by atoms with Crippen LogP contribution in [0.2, 0.25) is 0 Å². The zero-order valence-electron chi connectivity index (χ0n) is 37.5. The van der Waals surface area contributed by atoms with Crippen LogP contribution in [-0.2, 0) is 0 Å². The van der Waals surface area contributed by atoms with Crippen LogP contribution in [0.3, 0.4) is 0 Å². The molecule has 0 saturated heterocycles. The van der Waals surface area contributed by atoms with Gasteiger partial charge in [-0.05, 0) is 123 Å². The first-order valence-corrected chi connectivity index (χ1v) is 24.1. The van der Waals surface area contributed by atoms with Crippen LogP contribution in [0.4, 0.5) is 17.1 Å². The molecule has 0 radical (unpaired) electrons. The van der Waals surface area contributed by atoms with Crippen molar-refractivity contribution in [2.24, 2.45) is 0 Å². The van der Waals surface area contributed by atoms with Gasteiger partial charge >= 0.3 is 0 Å². The van der Waals surface area contributed by atoms with Crippen molar-refractivity contribution in [3.05, 3.63) is 254 Å². The molecule has 0 fully saturated rings. The summed E-state index contributed by atoms with van der Waals surface area (Å²) in [6.45, 7) is 2.14. The number of anilines is 3. The number of hydrogen-bond acceptors (Lipinski definition) is 2. The van der Waals surface area contributed by atoms with E-state index in [-0.39, 0.29) is 0 Å². The van der Waals surface area contributed by atoms with E-state index in [1.807, 2.05) is 11.3 Å². The Bertz CT molecular complexity index is 4040. The van der Waals surface area contributed by atoms with Crippen LogP contribution in [0, 0.1) is 6.92 Å². The molecule has 68 heavy (non-hydrogen) atoms. The maximum atomic E-state index is 2.47. The molecule has 2 aromatic heterocycles. The third kappa shape index (κ3) is 6.70. The summed E-state index contributed by atoms with van der Waals surface area (Å²) in [7, 11) is 0. The SMILES string of the molecule is Cc1ccc(-n2c3ccccc3c3cc(-c4cccc(N(c5cccc(-c6cccc7c6sc6ccccc67)c5)c5ccccc5-c5cccc6cccc(-c7ccccc7)c56)c4)ccc32)cc1. The highest BCUT2D eigenvalue weighted by molar-refractivity contribution is 7.26. The predicted molar refractivity (Wildman–Crippen MR) is 292 cm³/mol. The van der Waals surface area contributed by atoms with Crippen molar-refractivity contribution in [1.29, 1.82) is 0 Å². The average Bonchev–Trinajstić information content (AvgIpc) is 3.95. The van der Waals surface area contributed by atoms with Gasteiger partial charge < -0.3 is 9.47 Å². The second kappa shape index (κ2) is 16.4. The number of hydrogen-bond donors (Lipinski definition) is 0. The molecule has 0 atom stereocenters. The number of rotatable bonds is 8. The number of aryl methyl sites for hydroxylation is 1. The third-order valence-corrected chi connectivity index (χ3v) is 14.9. The smallest absolute Gasteiger partial charge is 0.0541 e. The molecule has 0 N–H and O–H groups in total. The van der Waals surface area contributed by atoms with Crippen molar-refractivity contribution >= 4 is 81.1 Å². The molecule has 13 rings (SSSR count). The molecule has 2 nitrogen and oxygen atoms in total. The van der Waals surface area contributed by atoms with Gasteiger partial charge in [-0.1, -0.05) is 188 Å². The van der Waals surface area contributed by atoms with Gasteiger partial charge in [0.1, 0.15) is 0 Å². The largest absolute Gasteiger partial charge is 0.310 e. The van der Waals surface area contributed by atoms with E-state index in [2.05, 4.69) is 265 Å². The molecule has 0 unspecified atom stereocenters. The highest BCUT2D eigenvalue weighted by Crippen LogP contribution is 2.47. The summed E-state index contributed by atoms with van der Waals surface area (Å²) in [5.41, 5.74) is 17.6. The van der Waals surface area contributed by atoms with E-state index in [0.29, 0.717) is 0 Å². The maximum Gasteiger partial charge on any atom is 0.0541 e. The summed E-state index contributed by atoms with van der Waals surface area (Å²) in [6.07, 6.45) is 0. The van der Waals surface area contributed by atoms with Gasteiger partial charge in [-0.2, -0.15) is 0 Å².